The van der Waals surface area contributed by atoms with Crippen molar-refractivity contribution in [3.8, 4) is 5.75 Å². The van der Waals surface area contributed by atoms with Gasteiger partial charge in [-0.05, 0) is 72.6 Å². The van der Waals surface area contributed by atoms with Crippen LogP contribution in [0.5, 0.6) is 5.75 Å². The second-order valence-corrected chi connectivity index (χ2v) is 10.8. The van der Waals surface area contributed by atoms with Crippen LogP contribution in [-0.4, -0.2) is 63.8 Å². The topological polar surface area (TPSA) is 107 Å². The second-order valence-electron chi connectivity index (χ2n) is 10.8. The first-order valence-electron chi connectivity index (χ1n) is 14.2. The van der Waals surface area contributed by atoms with Crippen molar-refractivity contribution in [3.63, 3.8) is 0 Å². The van der Waals surface area contributed by atoms with E-state index >= 15 is 0 Å². The van der Waals surface area contributed by atoms with Gasteiger partial charge in [-0.1, -0.05) is 45.9 Å². The summed E-state index contributed by atoms with van der Waals surface area (Å²) in [5.41, 5.74) is 0.840. The highest BCUT2D eigenvalue weighted by atomic mass is 16.7. The van der Waals surface area contributed by atoms with Gasteiger partial charge in [-0.25, -0.2) is 14.4 Å². The third kappa shape index (κ3) is 10.5. The third-order valence-electron chi connectivity index (χ3n) is 7.10. The fraction of sp³-hybridized carbons (Fsp3) is 0.531. The number of benzene rings is 2. The Kier molecular flexibility index (Phi) is 12.6. The van der Waals surface area contributed by atoms with E-state index < -0.39 is 12.1 Å². The van der Waals surface area contributed by atoms with Gasteiger partial charge in [0.1, 0.15) is 25.1 Å². The maximum Gasteiger partial charge on any atom is 0.513 e. The first-order chi connectivity index (χ1) is 19.6. The summed E-state index contributed by atoms with van der Waals surface area (Å²) in [6.45, 7) is 12.9. The van der Waals surface area contributed by atoms with Crippen LogP contribution in [0.3, 0.4) is 0 Å². The molecule has 0 heterocycles. The van der Waals surface area contributed by atoms with Crippen molar-refractivity contribution in [3.05, 3.63) is 54.1 Å². The molecular weight excluding hydrogens is 528 g/mol. The van der Waals surface area contributed by atoms with Gasteiger partial charge in [-0.3, -0.25) is 0 Å². The van der Waals surface area contributed by atoms with E-state index in [4.69, 9.17) is 28.4 Å². The van der Waals surface area contributed by atoms with E-state index in [-0.39, 0.29) is 38.5 Å². The highest BCUT2D eigenvalue weighted by molar-refractivity contribution is 5.96. The van der Waals surface area contributed by atoms with Crippen LogP contribution in [0.2, 0.25) is 0 Å². The van der Waals surface area contributed by atoms with E-state index in [9.17, 15) is 14.4 Å². The summed E-state index contributed by atoms with van der Waals surface area (Å²) in [5.74, 6) is 0.968. The molecule has 0 amide bonds. The lowest BCUT2D eigenvalue weighted by Crippen LogP contribution is -2.35. The molecule has 1 aliphatic carbocycles. The average molecular weight is 571 g/mol. The van der Waals surface area contributed by atoms with Crippen molar-refractivity contribution in [2.75, 3.05) is 39.6 Å². The minimum absolute atomic E-state index is 0.0194. The number of esters is 2. The maximum absolute atomic E-state index is 13.0. The molecule has 0 aliphatic heterocycles. The number of hydrogen-bond donors (Lipinski definition) is 0. The van der Waals surface area contributed by atoms with Crippen molar-refractivity contribution in [1.82, 2.24) is 0 Å². The number of carbonyl (C=O) groups is 3. The first kappa shape index (κ1) is 32.1. The smallest absolute Gasteiger partial charge is 0.460 e. The van der Waals surface area contributed by atoms with Gasteiger partial charge in [0.15, 0.2) is 0 Å². The molecule has 3 atom stereocenters. The van der Waals surface area contributed by atoms with Gasteiger partial charge in [0, 0.05) is 5.57 Å². The zero-order valence-corrected chi connectivity index (χ0v) is 24.5. The van der Waals surface area contributed by atoms with Crippen LogP contribution in [0, 0.1) is 17.8 Å². The quantitative estimate of drug-likeness (QED) is 0.0872. The van der Waals surface area contributed by atoms with E-state index in [1.807, 2.05) is 6.07 Å². The van der Waals surface area contributed by atoms with Gasteiger partial charge in [-0.2, -0.15) is 0 Å². The Morgan fingerprint density at radius 2 is 1.51 bits per heavy atom. The fourth-order valence-corrected chi connectivity index (χ4v) is 4.82. The molecule has 3 unspecified atom stereocenters. The predicted molar refractivity (Wildman–Crippen MR) is 154 cm³/mol. The largest absolute Gasteiger partial charge is 0.513 e. The molecular formula is C32H42O9. The highest BCUT2D eigenvalue weighted by Crippen LogP contribution is 2.36. The van der Waals surface area contributed by atoms with Gasteiger partial charge in [-0.15, -0.1) is 0 Å². The van der Waals surface area contributed by atoms with Crippen LogP contribution >= 0.6 is 0 Å². The Hall–Kier alpha value is -3.43. The van der Waals surface area contributed by atoms with Crippen molar-refractivity contribution in [2.24, 2.45) is 17.8 Å². The molecule has 2 aromatic rings. The summed E-state index contributed by atoms with van der Waals surface area (Å²) in [6, 6.07) is 10.5. The normalized spacial score (nSPS) is 18.6. The fourth-order valence-electron chi connectivity index (χ4n) is 4.82. The van der Waals surface area contributed by atoms with Gasteiger partial charge < -0.3 is 28.4 Å². The highest BCUT2D eigenvalue weighted by Gasteiger charge is 2.33. The monoisotopic (exact) mass is 570 g/mol. The molecule has 224 valence electrons. The van der Waals surface area contributed by atoms with E-state index in [0.717, 1.165) is 23.6 Å². The second kappa shape index (κ2) is 16.1. The molecule has 0 radical (unpaired) electrons. The van der Waals surface area contributed by atoms with Gasteiger partial charge in [0.05, 0.1) is 32.0 Å². The van der Waals surface area contributed by atoms with Gasteiger partial charge in [0.2, 0.25) is 0 Å². The number of carbonyl (C=O) groups excluding carboxylic acids is 3. The van der Waals surface area contributed by atoms with Crippen LogP contribution in [0.4, 0.5) is 4.79 Å². The molecule has 0 saturated heterocycles. The zero-order valence-electron chi connectivity index (χ0n) is 24.5. The molecule has 0 bridgehead atoms. The summed E-state index contributed by atoms with van der Waals surface area (Å²) in [5, 5.41) is 1.65. The van der Waals surface area contributed by atoms with Gasteiger partial charge >= 0.3 is 18.1 Å². The Bertz CT molecular complexity index is 1190. The first-order valence-corrected chi connectivity index (χ1v) is 14.2. The Morgan fingerprint density at radius 1 is 0.878 bits per heavy atom. The summed E-state index contributed by atoms with van der Waals surface area (Å²) in [7, 11) is 0. The van der Waals surface area contributed by atoms with Crippen LogP contribution in [0.1, 0.15) is 57.3 Å². The number of hydrogen-bond acceptors (Lipinski definition) is 9. The van der Waals surface area contributed by atoms with E-state index in [1.54, 1.807) is 37.3 Å². The Morgan fingerprint density at radius 3 is 2.20 bits per heavy atom. The van der Waals surface area contributed by atoms with E-state index in [2.05, 4.69) is 27.4 Å². The molecule has 0 N–H and O–H groups in total. The molecule has 1 saturated carbocycles. The molecule has 3 rings (SSSR count). The Balaban J connectivity index is 1.38. The van der Waals surface area contributed by atoms with Crippen LogP contribution in [0.15, 0.2) is 48.6 Å². The summed E-state index contributed by atoms with van der Waals surface area (Å²) < 4.78 is 31.8. The maximum atomic E-state index is 13.0. The molecule has 1 aliphatic rings. The molecule has 0 spiro atoms. The minimum atomic E-state index is -0.842. The third-order valence-corrected chi connectivity index (χ3v) is 7.10. The lowest BCUT2D eigenvalue weighted by Gasteiger charge is -2.36. The summed E-state index contributed by atoms with van der Waals surface area (Å²) in [4.78, 5) is 36.3. The zero-order chi connectivity index (χ0) is 29.8. The summed E-state index contributed by atoms with van der Waals surface area (Å²) >= 11 is 0. The lowest BCUT2D eigenvalue weighted by atomic mass is 9.75. The van der Waals surface area contributed by atoms with Crippen LogP contribution in [-0.2, 0) is 28.5 Å². The van der Waals surface area contributed by atoms with Crippen molar-refractivity contribution in [1.29, 1.82) is 0 Å². The molecule has 1 fully saturated rings. The van der Waals surface area contributed by atoms with Crippen molar-refractivity contribution in [2.45, 2.75) is 53.1 Å². The van der Waals surface area contributed by atoms with Crippen LogP contribution < -0.4 is 4.74 Å². The Labute approximate surface area is 242 Å². The predicted octanol–water partition coefficient (Wildman–Crippen LogP) is 6.13. The summed E-state index contributed by atoms with van der Waals surface area (Å²) in [6.07, 6.45) is 2.25. The molecule has 9 heteroatoms. The SMILES string of the molecule is C=C(C)C(=O)OCCOCCOCCOC(=O)Oc1ccc2cc(C(=O)OC3CC(C)CCC3C(C)C)ccc2c1. The lowest BCUT2D eigenvalue weighted by molar-refractivity contribution is -0.140. The van der Waals surface area contributed by atoms with Crippen molar-refractivity contribution >= 4 is 28.9 Å². The van der Waals surface area contributed by atoms with Crippen molar-refractivity contribution < 1.29 is 42.8 Å². The van der Waals surface area contributed by atoms with E-state index in [1.165, 1.54) is 6.42 Å². The molecule has 0 aromatic heterocycles. The van der Waals surface area contributed by atoms with Gasteiger partial charge in [0.25, 0.3) is 0 Å². The van der Waals surface area contributed by atoms with E-state index in [0.29, 0.717) is 47.9 Å². The number of fused-ring (bicyclic) bond motifs is 1. The minimum Gasteiger partial charge on any atom is -0.460 e. The van der Waals surface area contributed by atoms with Crippen LogP contribution in [0.25, 0.3) is 10.8 Å². The molecule has 2 aromatic carbocycles. The standard InChI is InChI=1S/C32H42O9/c1-21(2)28-11-6-23(5)18-29(28)41-31(34)26-8-7-25-20-27(10-9-24(25)19-26)40-32(35)39-17-15-37-13-12-36-14-16-38-30(33)22(3)4/h7-10,19-21,23,28-29H,3,6,11-18H2,1-2,4-5H3. The molecule has 41 heavy (non-hydrogen) atoms. The molecule has 9 nitrogen and oxygen atoms in total. The number of rotatable bonds is 14. The number of ether oxygens (including phenoxy) is 6. The average Bonchev–Trinajstić information content (AvgIpc) is 2.93.